The topological polar surface area (TPSA) is 34.2 Å². The number of nitrogens with zero attached hydrogens (tertiary/aromatic N) is 1. The van der Waals surface area contributed by atoms with Crippen molar-refractivity contribution in [2.45, 2.75) is 19.9 Å². The van der Waals surface area contributed by atoms with Gasteiger partial charge in [0.05, 0.1) is 5.02 Å². The van der Waals surface area contributed by atoms with Crippen molar-refractivity contribution in [3.63, 3.8) is 0 Å². The Labute approximate surface area is 126 Å². The third-order valence-electron chi connectivity index (χ3n) is 2.79. The standard InChI is InChI=1S/C15H15ClF2N2O/c1-2-6-19-9-10-5-7-20-15(14(10)18)21-11-3-4-12(16)13(17)8-11/h3-5,7-8,19H,2,6,9H2,1H3. The van der Waals surface area contributed by atoms with Crippen LogP contribution >= 0.6 is 11.6 Å². The molecule has 2 rings (SSSR count). The van der Waals surface area contributed by atoms with Crippen LogP contribution in [0.4, 0.5) is 8.78 Å². The molecule has 3 nitrogen and oxygen atoms in total. The summed E-state index contributed by atoms with van der Waals surface area (Å²) in [4.78, 5) is 3.83. The number of aromatic nitrogens is 1. The number of benzene rings is 1. The molecule has 1 N–H and O–H groups in total. The highest BCUT2D eigenvalue weighted by Crippen LogP contribution is 2.27. The van der Waals surface area contributed by atoms with E-state index in [0.29, 0.717) is 12.1 Å². The number of halogens is 3. The Morgan fingerprint density at radius 1 is 1.29 bits per heavy atom. The highest BCUT2D eigenvalue weighted by atomic mass is 35.5. The number of hydrogen-bond acceptors (Lipinski definition) is 3. The van der Waals surface area contributed by atoms with Gasteiger partial charge in [-0.2, -0.15) is 0 Å². The molecule has 0 unspecified atom stereocenters. The van der Waals surface area contributed by atoms with Crippen molar-refractivity contribution in [1.82, 2.24) is 10.3 Å². The van der Waals surface area contributed by atoms with Gasteiger partial charge in [0, 0.05) is 24.4 Å². The van der Waals surface area contributed by atoms with Crippen LogP contribution in [0.2, 0.25) is 5.02 Å². The summed E-state index contributed by atoms with van der Waals surface area (Å²) in [5.41, 5.74) is 0.447. The van der Waals surface area contributed by atoms with E-state index in [1.165, 1.54) is 18.3 Å². The van der Waals surface area contributed by atoms with E-state index in [4.69, 9.17) is 16.3 Å². The van der Waals surface area contributed by atoms with Gasteiger partial charge in [-0.1, -0.05) is 18.5 Å². The van der Waals surface area contributed by atoms with E-state index in [1.54, 1.807) is 6.07 Å². The van der Waals surface area contributed by atoms with Crippen molar-refractivity contribution in [3.05, 3.63) is 52.7 Å². The molecular weight excluding hydrogens is 298 g/mol. The monoisotopic (exact) mass is 312 g/mol. The molecule has 0 atom stereocenters. The van der Waals surface area contributed by atoms with Crippen molar-refractivity contribution in [3.8, 4) is 11.6 Å². The maximum Gasteiger partial charge on any atom is 0.256 e. The van der Waals surface area contributed by atoms with E-state index in [-0.39, 0.29) is 16.7 Å². The highest BCUT2D eigenvalue weighted by Gasteiger charge is 2.12. The van der Waals surface area contributed by atoms with Crippen LogP contribution < -0.4 is 10.1 Å². The van der Waals surface area contributed by atoms with Crippen LogP contribution in [0.15, 0.2) is 30.5 Å². The third kappa shape index (κ3) is 4.12. The molecule has 112 valence electrons. The van der Waals surface area contributed by atoms with E-state index in [2.05, 4.69) is 10.3 Å². The fraction of sp³-hybridized carbons (Fsp3) is 0.267. The summed E-state index contributed by atoms with van der Waals surface area (Å²) in [6, 6.07) is 5.46. The van der Waals surface area contributed by atoms with Crippen LogP contribution in [-0.4, -0.2) is 11.5 Å². The Balaban J connectivity index is 2.16. The fourth-order valence-electron chi connectivity index (χ4n) is 1.72. The van der Waals surface area contributed by atoms with Crippen molar-refractivity contribution in [2.24, 2.45) is 0 Å². The molecule has 1 aromatic heterocycles. The molecule has 6 heteroatoms. The van der Waals surface area contributed by atoms with E-state index >= 15 is 0 Å². The summed E-state index contributed by atoms with van der Waals surface area (Å²) in [7, 11) is 0. The van der Waals surface area contributed by atoms with Crippen LogP contribution in [0.25, 0.3) is 0 Å². The SMILES string of the molecule is CCCNCc1ccnc(Oc2ccc(Cl)c(F)c2)c1F. The molecule has 0 aliphatic carbocycles. The minimum Gasteiger partial charge on any atom is -0.436 e. The van der Waals surface area contributed by atoms with Gasteiger partial charge < -0.3 is 10.1 Å². The van der Waals surface area contributed by atoms with E-state index < -0.39 is 11.6 Å². The van der Waals surface area contributed by atoms with E-state index in [1.807, 2.05) is 6.92 Å². The average molecular weight is 313 g/mol. The molecule has 21 heavy (non-hydrogen) atoms. The van der Waals surface area contributed by atoms with Crippen LogP contribution in [-0.2, 0) is 6.54 Å². The van der Waals surface area contributed by atoms with Crippen LogP contribution in [0.1, 0.15) is 18.9 Å². The van der Waals surface area contributed by atoms with Gasteiger partial charge in [0.1, 0.15) is 11.6 Å². The Hall–Kier alpha value is -1.72. The molecule has 0 fully saturated rings. The quantitative estimate of drug-likeness (QED) is 0.807. The molecule has 0 amide bonds. The van der Waals surface area contributed by atoms with Gasteiger partial charge in [-0.15, -0.1) is 0 Å². The Kier molecular flexibility index (Phi) is 5.47. The van der Waals surface area contributed by atoms with Gasteiger partial charge in [-0.05, 0) is 31.2 Å². The first kappa shape index (κ1) is 15.7. The second-order valence-corrected chi connectivity index (χ2v) is 4.85. The number of nitrogens with one attached hydrogen (secondary N) is 1. The average Bonchev–Trinajstić information content (AvgIpc) is 2.47. The van der Waals surface area contributed by atoms with E-state index in [9.17, 15) is 8.78 Å². The molecule has 0 saturated carbocycles. The smallest absolute Gasteiger partial charge is 0.256 e. The number of hydrogen-bond donors (Lipinski definition) is 1. The summed E-state index contributed by atoms with van der Waals surface area (Å²) in [6.45, 7) is 3.20. The summed E-state index contributed by atoms with van der Waals surface area (Å²) in [6.07, 6.45) is 2.41. The van der Waals surface area contributed by atoms with Crippen molar-refractivity contribution in [1.29, 1.82) is 0 Å². The molecular formula is C15H15ClF2N2O. The normalized spacial score (nSPS) is 10.7. The lowest BCUT2D eigenvalue weighted by Crippen LogP contribution is -2.15. The zero-order chi connectivity index (χ0) is 15.2. The van der Waals surface area contributed by atoms with Crippen molar-refractivity contribution in [2.75, 3.05) is 6.54 Å². The molecule has 1 heterocycles. The minimum absolute atomic E-state index is 0.0201. The third-order valence-corrected chi connectivity index (χ3v) is 3.09. The van der Waals surface area contributed by atoms with Gasteiger partial charge in [0.15, 0.2) is 5.82 Å². The highest BCUT2D eigenvalue weighted by molar-refractivity contribution is 6.30. The molecule has 1 aromatic carbocycles. The van der Waals surface area contributed by atoms with Gasteiger partial charge >= 0.3 is 0 Å². The van der Waals surface area contributed by atoms with Crippen molar-refractivity contribution < 1.29 is 13.5 Å². The first-order chi connectivity index (χ1) is 10.1. The molecule has 2 aromatic rings. The predicted octanol–water partition coefficient (Wildman–Crippen LogP) is 4.31. The Morgan fingerprint density at radius 3 is 2.81 bits per heavy atom. The molecule has 0 aliphatic heterocycles. The molecule has 0 bridgehead atoms. The lowest BCUT2D eigenvalue weighted by atomic mass is 10.2. The lowest BCUT2D eigenvalue weighted by molar-refractivity contribution is 0.414. The number of rotatable bonds is 6. The largest absolute Gasteiger partial charge is 0.436 e. The van der Waals surface area contributed by atoms with Gasteiger partial charge in [-0.25, -0.2) is 13.8 Å². The molecule has 0 spiro atoms. The van der Waals surface area contributed by atoms with Crippen LogP contribution in [0.5, 0.6) is 11.6 Å². The predicted molar refractivity (Wildman–Crippen MR) is 77.7 cm³/mol. The van der Waals surface area contributed by atoms with Gasteiger partial charge in [-0.3, -0.25) is 0 Å². The fourth-order valence-corrected chi connectivity index (χ4v) is 1.84. The first-order valence-electron chi connectivity index (χ1n) is 6.58. The maximum atomic E-state index is 14.2. The van der Waals surface area contributed by atoms with Crippen LogP contribution in [0.3, 0.4) is 0 Å². The molecule has 0 radical (unpaired) electrons. The summed E-state index contributed by atoms with van der Waals surface area (Å²) >= 11 is 5.58. The van der Waals surface area contributed by atoms with Crippen molar-refractivity contribution >= 4 is 11.6 Å². The Morgan fingerprint density at radius 2 is 2.10 bits per heavy atom. The van der Waals surface area contributed by atoms with Gasteiger partial charge in [0.2, 0.25) is 0 Å². The molecule has 0 aliphatic rings. The minimum atomic E-state index is -0.629. The van der Waals surface area contributed by atoms with Gasteiger partial charge in [0.25, 0.3) is 5.88 Å². The summed E-state index contributed by atoms with van der Waals surface area (Å²) < 4.78 is 32.8. The number of ether oxygens (including phenoxy) is 1. The second-order valence-electron chi connectivity index (χ2n) is 4.44. The summed E-state index contributed by atoms with van der Waals surface area (Å²) in [5, 5.41) is 3.08. The Bertz CT molecular complexity index is 623. The summed E-state index contributed by atoms with van der Waals surface area (Å²) in [5.74, 6) is -1.23. The second kappa shape index (κ2) is 7.33. The zero-order valence-electron chi connectivity index (χ0n) is 11.5. The zero-order valence-corrected chi connectivity index (χ0v) is 12.3. The number of pyridine rings is 1. The van der Waals surface area contributed by atoms with Crippen LogP contribution in [0, 0.1) is 11.6 Å². The maximum absolute atomic E-state index is 14.2. The first-order valence-corrected chi connectivity index (χ1v) is 6.96. The lowest BCUT2D eigenvalue weighted by Gasteiger charge is -2.09. The molecule has 0 saturated heterocycles. The van der Waals surface area contributed by atoms with E-state index in [0.717, 1.165) is 19.0 Å².